The van der Waals surface area contributed by atoms with Crippen LogP contribution < -0.4 is 4.74 Å². The summed E-state index contributed by atoms with van der Waals surface area (Å²) in [5, 5.41) is 8.69. The lowest BCUT2D eigenvalue weighted by molar-refractivity contribution is 0.0696. The molecule has 1 aromatic rings. The summed E-state index contributed by atoms with van der Waals surface area (Å²) in [7, 11) is 0. The molecule has 1 unspecified atom stereocenters. The van der Waals surface area contributed by atoms with Gasteiger partial charge in [-0.25, -0.2) is 9.78 Å². The van der Waals surface area contributed by atoms with Crippen LogP contribution in [0.4, 0.5) is 0 Å². The zero-order valence-corrected chi connectivity index (χ0v) is 9.48. The van der Waals surface area contributed by atoms with E-state index >= 15 is 0 Å². The summed E-state index contributed by atoms with van der Waals surface area (Å²) in [5.74, 6) is 1.62. The zero-order chi connectivity index (χ0) is 11.4. The Kier molecular flexibility index (Phi) is 3.69. The molecule has 0 fully saturated rings. The number of pyridine rings is 1. The molecular weight excluding hydrogens is 262 g/mol. The molecule has 5 heteroatoms. The Morgan fingerprint density at radius 3 is 2.93 bits per heavy atom. The predicted octanol–water partition coefficient (Wildman–Crippen LogP) is 1.94. The maximum absolute atomic E-state index is 10.6. The smallest absolute Gasteiger partial charge is 0.337 e. The number of hydrogen-bond donors (Lipinski definition) is 1. The van der Waals surface area contributed by atoms with Crippen LogP contribution in [0.1, 0.15) is 17.3 Å². The highest BCUT2D eigenvalue weighted by Crippen LogP contribution is 2.23. The number of carbonyl (C=O) groups is 1. The van der Waals surface area contributed by atoms with E-state index in [2.05, 4.69) is 26.8 Å². The number of rotatable bonds is 3. The standard InChI is InChI=1S/C10H8BrNO3/c1-3-6(2)15-9-8(11)4-7(5-12-9)10(13)14/h1,4-6H,2H3,(H,13,14). The molecule has 4 nitrogen and oxygen atoms in total. The molecule has 0 saturated carbocycles. The topological polar surface area (TPSA) is 59.4 Å². The van der Waals surface area contributed by atoms with Gasteiger partial charge < -0.3 is 9.84 Å². The van der Waals surface area contributed by atoms with Crippen molar-refractivity contribution in [1.82, 2.24) is 4.98 Å². The van der Waals surface area contributed by atoms with Gasteiger partial charge in [-0.1, -0.05) is 5.92 Å². The maximum Gasteiger partial charge on any atom is 0.337 e. The first-order valence-corrected chi connectivity index (χ1v) is 4.85. The summed E-state index contributed by atoms with van der Waals surface area (Å²) in [6, 6.07) is 1.41. The molecule has 1 rings (SSSR count). The van der Waals surface area contributed by atoms with Crippen LogP contribution in [-0.4, -0.2) is 22.2 Å². The van der Waals surface area contributed by atoms with E-state index in [-0.39, 0.29) is 11.4 Å². The van der Waals surface area contributed by atoms with E-state index in [1.165, 1.54) is 12.3 Å². The van der Waals surface area contributed by atoms with E-state index < -0.39 is 12.1 Å². The predicted molar refractivity (Wildman–Crippen MR) is 57.8 cm³/mol. The van der Waals surface area contributed by atoms with Crippen LogP contribution in [0.25, 0.3) is 0 Å². The number of carboxylic acid groups (broad SMARTS) is 1. The van der Waals surface area contributed by atoms with Gasteiger partial charge in [0.05, 0.1) is 10.0 Å². The van der Waals surface area contributed by atoms with E-state index in [0.717, 1.165) is 0 Å². The van der Waals surface area contributed by atoms with Crippen molar-refractivity contribution in [3.05, 3.63) is 22.3 Å². The first kappa shape index (κ1) is 11.5. The fourth-order valence-corrected chi connectivity index (χ4v) is 1.27. The number of aromatic carboxylic acids is 1. The Morgan fingerprint density at radius 2 is 2.47 bits per heavy atom. The Morgan fingerprint density at radius 1 is 1.80 bits per heavy atom. The van der Waals surface area contributed by atoms with E-state index in [9.17, 15) is 4.79 Å². The van der Waals surface area contributed by atoms with Crippen LogP contribution in [0.3, 0.4) is 0 Å². The Labute approximate surface area is 95.4 Å². The van der Waals surface area contributed by atoms with Crippen molar-refractivity contribution in [2.24, 2.45) is 0 Å². The molecule has 0 aromatic carbocycles. The molecule has 0 saturated heterocycles. The average Bonchev–Trinajstić information content (AvgIpc) is 2.20. The summed E-state index contributed by atoms with van der Waals surface area (Å²) in [6.07, 6.45) is 5.94. The lowest BCUT2D eigenvalue weighted by Crippen LogP contribution is -2.10. The summed E-state index contributed by atoms with van der Waals surface area (Å²) >= 11 is 3.15. The molecule has 78 valence electrons. The Hall–Kier alpha value is -1.54. The third-order valence-electron chi connectivity index (χ3n) is 1.58. The van der Waals surface area contributed by atoms with Crippen LogP contribution in [-0.2, 0) is 0 Å². The normalized spacial score (nSPS) is 11.5. The SMILES string of the molecule is C#CC(C)Oc1ncc(C(=O)O)cc1Br. The van der Waals surface area contributed by atoms with Crippen molar-refractivity contribution in [1.29, 1.82) is 0 Å². The van der Waals surface area contributed by atoms with Crippen molar-refractivity contribution >= 4 is 21.9 Å². The van der Waals surface area contributed by atoms with Gasteiger partial charge >= 0.3 is 5.97 Å². The molecule has 0 amide bonds. The van der Waals surface area contributed by atoms with Crippen LogP contribution in [0, 0.1) is 12.3 Å². The lowest BCUT2D eigenvalue weighted by Gasteiger charge is -2.09. The molecule has 0 aliphatic rings. The van der Waals surface area contributed by atoms with Crippen LogP contribution in [0.15, 0.2) is 16.7 Å². The van der Waals surface area contributed by atoms with Crippen molar-refractivity contribution < 1.29 is 14.6 Å². The van der Waals surface area contributed by atoms with Gasteiger partial charge in [-0.15, -0.1) is 6.42 Å². The molecule has 1 N–H and O–H groups in total. The molecule has 1 aromatic heterocycles. The molecule has 0 radical (unpaired) electrons. The van der Waals surface area contributed by atoms with Gasteiger partial charge in [0.15, 0.2) is 6.10 Å². The highest BCUT2D eigenvalue weighted by atomic mass is 79.9. The average molecular weight is 270 g/mol. The maximum atomic E-state index is 10.6. The molecule has 0 aliphatic heterocycles. The van der Waals surface area contributed by atoms with E-state index in [1.54, 1.807) is 6.92 Å². The molecule has 0 spiro atoms. The van der Waals surface area contributed by atoms with Gasteiger partial charge in [-0.3, -0.25) is 0 Å². The van der Waals surface area contributed by atoms with Gasteiger partial charge in [0.25, 0.3) is 0 Å². The largest absolute Gasteiger partial charge is 0.478 e. The van der Waals surface area contributed by atoms with Gasteiger partial charge in [0.1, 0.15) is 0 Å². The van der Waals surface area contributed by atoms with Gasteiger partial charge in [0.2, 0.25) is 5.88 Å². The fraction of sp³-hybridized carbons (Fsp3) is 0.200. The van der Waals surface area contributed by atoms with E-state index in [1.807, 2.05) is 0 Å². The van der Waals surface area contributed by atoms with Crippen LogP contribution >= 0.6 is 15.9 Å². The second kappa shape index (κ2) is 4.80. The fourth-order valence-electron chi connectivity index (χ4n) is 0.831. The van der Waals surface area contributed by atoms with Crippen LogP contribution in [0.5, 0.6) is 5.88 Å². The third-order valence-corrected chi connectivity index (χ3v) is 2.15. The highest BCUT2D eigenvalue weighted by molar-refractivity contribution is 9.10. The summed E-state index contributed by atoms with van der Waals surface area (Å²) in [6.45, 7) is 1.69. The molecule has 15 heavy (non-hydrogen) atoms. The van der Waals surface area contributed by atoms with Crippen molar-refractivity contribution in [3.63, 3.8) is 0 Å². The molecule has 1 atom stereocenters. The number of carboxylic acids is 1. The minimum absolute atomic E-state index is 0.0857. The second-order valence-electron chi connectivity index (χ2n) is 2.74. The molecular formula is C10H8BrNO3. The van der Waals surface area contributed by atoms with Gasteiger partial charge in [-0.05, 0) is 28.9 Å². The first-order chi connectivity index (χ1) is 7.04. The highest BCUT2D eigenvalue weighted by Gasteiger charge is 2.10. The Balaban J connectivity index is 2.94. The number of aromatic nitrogens is 1. The minimum atomic E-state index is -1.04. The number of halogens is 1. The van der Waals surface area contributed by atoms with Gasteiger partial charge in [0, 0.05) is 6.20 Å². The summed E-state index contributed by atoms with van der Waals surface area (Å²) < 4.78 is 5.70. The zero-order valence-electron chi connectivity index (χ0n) is 7.90. The van der Waals surface area contributed by atoms with Crippen molar-refractivity contribution in [3.8, 4) is 18.2 Å². The molecule has 1 heterocycles. The number of ether oxygens (including phenoxy) is 1. The summed E-state index contributed by atoms with van der Waals surface area (Å²) in [4.78, 5) is 14.5. The third kappa shape index (κ3) is 2.96. The lowest BCUT2D eigenvalue weighted by atomic mass is 10.3. The molecule has 0 bridgehead atoms. The second-order valence-corrected chi connectivity index (χ2v) is 3.60. The van der Waals surface area contributed by atoms with Gasteiger partial charge in [-0.2, -0.15) is 0 Å². The number of nitrogens with zero attached hydrogens (tertiary/aromatic N) is 1. The van der Waals surface area contributed by atoms with Crippen molar-refractivity contribution in [2.45, 2.75) is 13.0 Å². The number of hydrogen-bond acceptors (Lipinski definition) is 3. The first-order valence-electron chi connectivity index (χ1n) is 4.06. The Bertz CT molecular complexity index is 425. The molecule has 0 aliphatic carbocycles. The minimum Gasteiger partial charge on any atom is -0.478 e. The van der Waals surface area contributed by atoms with Crippen LogP contribution in [0.2, 0.25) is 0 Å². The monoisotopic (exact) mass is 269 g/mol. The summed E-state index contributed by atoms with van der Waals surface area (Å²) in [5.41, 5.74) is 0.0857. The number of terminal acetylenes is 1. The van der Waals surface area contributed by atoms with E-state index in [0.29, 0.717) is 4.47 Å². The van der Waals surface area contributed by atoms with E-state index in [4.69, 9.17) is 16.3 Å². The van der Waals surface area contributed by atoms with Crippen molar-refractivity contribution in [2.75, 3.05) is 0 Å². The quantitative estimate of drug-likeness (QED) is 0.853.